The van der Waals surface area contributed by atoms with Crippen LogP contribution in [-0.4, -0.2) is 15.9 Å². The van der Waals surface area contributed by atoms with Gasteiger partial charge in [0.1, 0.15) is 11.5 Å². The van der Waals surface area contributed by atoms with Gasteiger partial charge >= 0.3 is 0 Å². The van der Waals surface area contributed by atoms with Crippen LogP contribution in [0.3, 0.4) is 0 Å². The molecule has 0 unspecified atom stereocenters. The van der Waals surface area contributed by atoms with Crippen molar-refractivity contribution in [2.24, 2.45) is 5.92 Å². The number of fused-ring (bicyclic) bond motifs is 1. The number of pyridine rings is 1. The van der Waals surface area contributed by atoms with Crippen LogP contribution in [0.25, 0.3) is 5.65 Å². The minimum atomic E-state index is 0.949. The van der Waals surface area contributed by atoms with Gasteiger partial charge in [-0.3, -0.25) is 4.40 Å². The Morgan fingerprint density at radius 1 is 1.29 bits per heavy atom. The van der Waals surface area contributed by atoms with Crippen molar-refractivity contribution in [2.45, 2.75) is 32.1 Å². The fourth-order valence-electron chi connectivity index (χ4n) is 2.80. The summed E-state index contributed by atoms with van der Waals surface area (Å²) >= 11 is 0. The molecule has 0 aliphatic heterocycles. The summed E-state index contributed by atoms with van der Waals surface area (Å²) < 4.78 is 2.11. The normalized spacial score (nSPS) is 16.7. The summed E-state index contributed by atoms with van der Waals surface area (Å²) in [6.07, 6.45) is 10.9. The van der Waals surface area contributed by atoms with E-state index in [9.17, 15) is 0 Å². The van der Waals surface area contributed by atoms with E-state index < -0.39 is 0 Å². The molecule has 3 rings (SSSR count). The van der Waals surface area contributed by atoms with E-state index in [0.717, 1.165) is 23.9 Å². The molecular formula is C14H19N3. The Bertz CT molecular complexity index is 483. The molecule has 0 radical (unpaired) electrons. The number of nitrogens with one attached hydrogen (secondary N) is 1. The number of nitrogens with zero attached hydrogens (tertiary/aromatic N) is 2. The van der Waals surface area contributed by atoms with Gasteiger partial charge in [0.15, 0.2) is 0 Å². The van der Waals surface area contributed by atoms with Gasteiger partial charge in [0, 0.05) is 18.9 Å². The third-order valence-electron chi connectivity index (χ3n) is 3.76. The zero-order chi connectivity index (χ0) is 11.5. The number of hydrogen-bond donors (Lipinski definition) is 1. The number of rotatable bonds is 4. The van der Waals surface area contributed by atoms with Crippen LogP contribution in [0.15, 0.2) is 30.6 Å². The average molecular weight is 229 g/mol. The summed E-state index contributed by atoms with van der Waals surface area (Å²) in [5.41, 5.74) is 1.01. The molecule has 0 bridgehead atoms. The van der Waals surface area contributed by atoms with Crippen LogP contribution in [0.2, 0.25) is 0 Å². The number of aromatic nitrogens is 2. The fraction of sp³-hybridized carbons (Fsp3) is 0.500. The predicted octanol–water partition coefficient (Wildman–Crippen LogP) is 3.33. The predicted molar refractivity (Wildman–Crippen MR) is 70.3 cm³/mol. The summed E-state index contributed by atoms with van der Waals surface area (Å²) in [5, 5.41) is 3.52. The molecule has 0 amide bonds. The zero-order valence-corrected chi connectivity index (χ0v) is 10.1. The van der Waals surface area contributed by atoms with Crippen LogP contribution >= 0.6 is 0 Å². The molecule has 2 aromatic heterocycles. The summed E-state index contributed by atoms with van der Waals surface area (Å²) in [7, 11) is 0. The van der Waals surface area contributed by atoms with E-state index in [1.807, 2.05) is 18.5 Å². The van der Waals surface area contributed by atoms with Gasteiger partial charge in [-0.1, -0.05) is 31.7 Å². The fourth-order valence-corrected chi connectivity index (χ4v) is 2.80. The lowest BCUT2D eigenvalue weighted by molar-refractivity contribution is 0.518. The van der Waals surface area contributed by atoms with Crippen LogP contribution < -0.4 is 5.32 Å². The molecule has 1 N–H and O–H groups in total. The highest BCUT2D eigenvalue weighted by Crippen LogP contribution is 2.27. The zero-order valence-electron chi connectivity index (χ0n) is 10.1. The Labute approximate surface area is 102 Å². The molecule has 0 spiro atoms. The highest BCUT2D eigenvalue weighted by atomic mass is 15.1. The maximum atomic E-state index is 4.29. The van der Waals surface area contributed by atoms with Gasteiger partial charge in [0.05, 0.1) is 0 Å². The molecule has 1 aliphatic rings. The standard InChI is InChI=1S/C14H19N3/c1-2-5-12(4-1)8-9-15-13-6-3-7-14-16-10-11-17(13)14/h3,6-7,10-12,15H,1-2,4-5,8-9H2. The molecule has 2 aromatic rings. The largest absolute Gasteiger partial charge is 0.371 e. The van der Waals surface area contributed by atoms with Crippen molar-refractivity contribution in [1.82, 2.24) is 9.38 Å². The molecule has 0 atom stereocenters. The van der Waals surface area contributed by atoms with Crippen LogP contribution in [0.1, 0.15) is 32.1 Å². The van der Waals surface area contributed by atoms with Crippen molar-refractivity contribution >= 4 is 11.5 Å². The Kier molecular flexibility index (Phi) is 2.99. The summed E-state index contributed by atoms with van der Waals surface area (Å²) in [6, 6.07) is 6.20. The molecule has 17 heavy (non-hydrogen) atoms. The Morgan fingerprint density at radius 2 is 2.18 bits per heavy atom. The SMILES string of the molecule is c1cc(NCCC2CCCC2)n2ccnc2c1. The highest BCUT2D eigenvalue weighted by Gasteiger charge is 2.14. The Morgan fingerprint density at radius 3 is 3.06 bits per heavy atom. The molecule has 3 nitrogen and oxygen atoms in total. The van der Waals surface area contributed by atoms with Crippen molar-refractivity contribution in [3.8, 4) is 0 Å². The quantitative estimate of drug-likeness (QED) is 0.871. The molecule has 3 heteroatoms. The topological polar surface area (TPSA) is 29.3 Å². The van der Waals surface area contributed by atoms with E-state index in [2.05, 4.69) is 26.8 Å². The summed E-state index contributed by atoms with van der Waals surface area (Å²) in [6.45, 7) is 1.07. The second-order valence-electron chi connectivity index (χ2n) is 4.93. The van der Waals surface area contributed by atoms with E-state index in [4.69, 9.17) is 0 Å². The van der Waals surface area contributed by atoms with E-state index in [1.165, 1.54) is 32.1 Å². The number of hydrogen-bond acceptors (Lipinski definition) is 2. The molecule has 1 saturated carbocycles. The summed E-state index contributed by atoms with van der Waals surface area (Å²) in [5.74, 6) is 2.10. The van der Waals surface area contributed by atoms with Gasteiger partial charge in [-0.15, -0.1) is 0 Å². The van der Waals surface area contributed by atoms with Crippen LogP contribution in [0, 0.1) is 5.92 Å². The van der Waals surface area contributed by atoms with E-state index >= 15 is 0 Å². The Hall–Kier alpha value is -1.51. The highest BCUT2D eigenvalue weighted by molar-refractivity contribution is 5.49. The third kappa shape index (κ3) is 2.28. The first-order valence-corrected chi connectivity index (χ1v) is 6.59. The van der Waals surface area contributed by atoms with Gasteiger partial charge in [0.2, 0.25) is 0 Å². The van der Waals surface area contributed by atoms with Gasteiger partial charge in [-0.05, 0) is 24.5 Å². The molecule has 90 valence electrons. The van der Waals surface area contributed by atoms with Crippen molar-refractivity contribution in [2.75, 3.05) is 11.9 Å². The van der Waals surface area contributed by atoms with E-state index in [1.54, 1.807) is 0 Å². The molecule has 1 fully saturated rings. The van der Waals surface area contributed by atoms with Crippen LogP contribution in [0.5, 0.6) is 0 Å². The second-order valence-corrected chi connectivity index (χ2v) is 4.93. The van der Waals surface area contributed by atoms with E-state index in [0.29, 0.717) is 0 Å². The van der Waals surface area contributed by atoms with Crippen molar-refractivity contribution in [1.29, 1.82) is 0 Å². The minimum absolute atomic E-state index is 0.949. The van der Waals surface area contributed by atoms with E-state index in [-0.39, 0.29) is 0 Å². The van der Waals surface area contributed by atoms with Gasteiger partial charge in [0.25, 0.3) is 0 Å². The van der Waals surface area contributed by atoms with Crippen molar-refractivity contribution in [3.05, 3.63) is 30.6 Å². The average Bonchev–Trinajstić information content (AvgIpc) is 2.99. The smallest absolute Gasteiger partial charge is 0.138 e. The molecule has 0 saturated heterocycles. The number of anilines is 1. The Balaban J connectivity index is 1.62. The first kappa shape index (κ1) is 10.6. The second kappa shape index (κ2) is 4.78. The van der Waals surface area contributed by atoms with Gasteiger partial charge < -0.3 is 5.32 Å². The molecular weight excluding hydrogens is 210 g/mol. The molecule has 2 heterocycles. The minimum Gasteiger partial charge on any atom is -0.371 e. The lowest BCUT2D eigenvalue weighted by atomic mass is 10.0. The lowest BCUT2D eigenvalue weighted by Gasteiger charge is -2.12. The summed E-state index contributed by atoms with van der Waals surface area (Å²) in [4.78, 5) is 4.29. The maximum Gasteiger partial charge on any atom is 0.138 e. The van der Waals surface area contributed by atoms with Crippen LogP contribution in [0.4, 0.5) is 5.82 Å². The van der Waals surface area contributed by atoms with Crippen LogP contribution in [-0.2, 0) is 0 Å². The van der Waals surface area contributed by atoms with Crippen molar-refractivity contribution < 1.29 is 0 Å². The molecule has 1 aliphatic carbocycles. The third-order valence-corrected chi connectivity index (χ3v) is 3.76. The number of imidazole rings is 1. The maximum absolute atomic E-state index is 4.29. The van der Waals surface area contributed by atoms with Gasteiger partial charge in [-0.2, -0.15) is 0 Å². The first-order valence-electron chi connectivity index (χ1n) is 6.59. The van der Waals surface area contributed by atoms with Gasteiger partial charge in [-0.25, -0.2) is 4.98 Å². The van der Waals surface area contributed by atoms with Crippen molar-refractivity contribution in [3.63, 3.8) is 0 Å². The lowest BCUT2D eigenvalue weighted by Crippen LogP contribution is -2.09. The monoisotopic (exact) mass is 229 g/mol. The first-order chi connectivity index (χ1) is 8.43. The molecule has 0 aromatic carbocycles.